The van der Waals surface area contributed by atoms with Crippen LogP contribution in [0.15, 0.2) is 89.0 Å². The van der Waals surface area contributed by atoms with E-state index in [-0.39, 0.29) is 5.91 Å². The summed E-state index contributed by atoms with van der Waals surface area (Å²) in [5, 5.41) is 0.724. The van der Waals surface area contributed by atoms with E-state index >= 15 is 0 Å². The molecule has 0 bridgehead atoms. The van der Waals surface area contributed by atoms with Crippen LogP contribution in [0.4, 0.5) is 5.69 Å². The molecule has 1 aliphatic rings. The normalized spacial score (nSPS) is 17.2. The van der Waals surface area contributed by atoms with Crippen molar-refractivity contribution in [3.63, 3.8) is 0 Å². The molecular formula is C22H19N3OS. The number of amidine groups is 1. The number of rotatable bonds is 4. The molecule has 4 rings (SSSR count). The van der Waals surface area contributed by atoms with Gasteiger partial charge in [-0.3, -0.25) is 9.69 Å². The van der Waals surface area contributed by atoms with Crippen LogP contribution < -0.4 is 0 Å². The summed E-state index contributed by atoms with van der Waals surface area (Å²) in [7, 11) is 0. The number of amides is 1. The lowest BCUT2D eigenvalue weighted by molar-refractivity contribution is -0.122. The summed E-state index contributed by atoms with van der Waals surface area (Å²) in [6, 6.07) is 21.8. The molecule has 0 unspecified atom stereocenters. The number of para-hydroxylation sites is 2. The Morgan fingerprint density at radius 1 is 1.00 bits per heavy atom. The maximum atomic E-state index is 12.8. The van der Waals surface area contributed by atoms with Crippen LogP contribution in [-0.2, 0) is 4.79 Å². The molecule has 2 heterocycles. The summed E-state index contributed by atoms with van der Waals surface area (Å²) in [6.07, 6.45) is 5.96. The SMILES string of the molecule is CCN1C(=O)/C(=C\c2ccn(-c3ccccc3)c2)SC1=Nc1ccccc1. The Hall–Kier alpha value is -3.05. The number of likely N-dealkylation sites (N-methyl/N-ethyl adjacent to an activating group) is 1. The first-order chi connectivity index (χ1) is 13.2. The zero-order valence-corrected chi connectivity index (χ0v) is 15.8. The topological polar surface area (TPSA) is 37.6 Å². The maximum Gasteiger partial charge on any atom is 0.266 e. The van der Waals surface area contributed by atoms with E-state index < -0.39 is 0 Å². The average molecular weight is 373 g/mol. The molecule has 1 amide bonds. The lowest BCUT2D eigenvalue weighted by atomic mass is 10.3. The second-order valence-corrected chi connectivity index (χ2v) is 7.09. The molecule has 0 aliphatic carbocycles. The van der Waals surface area contributed by atoms with Crippen LogP contribution in [0, 0.1) is 0 Å². The lowest BCUT2D eigenvalue weighted by Gasteiger charge is -2.11. The zero-order chi connectivity index (χ0) is 18.6. The number of aromatic nitrogens is 1. The minimum Gasteiger partial charge on any atom is -0.323 e. The predicted octanol–water partition coefficient (Wildman–Crippen LogP) is 5.10. The number of carbonyl (C=O) groups is 1. The summed E-state index contributed by atoms with van der Waals surface area (Å²) in [5.41, 5.74) is 2.93. The third-order valence-electron chi connectivity index (χ3n) is 4.25. The number of thioether (sulfide) groups is 1. The third-order valence-corrected chi connectivity index (χ3v) is 5.26. The number of hydrogen-bond acceptors (Lipinski definition) is 3. The summed E-state index contributed by atoms with van der Waals surface area (Å²) in [4.78, 5) is 19.8. The van der Waals surface area contributed by atoms with Gasteiger partial charge in [-0.25, -0.2) is 4.99 Å². The molecule has 0 atom stereocenters. The smallest absolute Gasteiger partial charge is 0.266 e. The van der Waals surface area contributed by atoms with Gasteiger partial charge in [-0.2, -0.15) is 0 Å². The van der Waals surface area contributed by atoms with Gasteiger partial charge in [0.2, 0.25) is 0 Å². The summed E-state index contributed by atoms with van der Waals surface area (Å²) in [6.45, 7) is 2.56. The first kappa shape index (κ1) is 17.4. The van der Waals surface area contributed by atoms with Gasteiger partial charge in [0, 0.05) is 24.6 Å². The largest absolute Gasteiger partial charge is 0.323 e. The van der Waals surface area contributed by atoms with Gasteiger partial charge in [0.15, 0.2) is 5.17 Å². The molecule has 0 radical (unpaired) electrons. The van der Waals surface area contributed by atoms with Crippen molar-refractivity contribution in [3.8, 4) is 5.69 Å². The number of hydrogen-bond donors (Lipinski definition) is 0. The molecule has 0 saturated carbocycles. The molecule has 1 aliphatic heterocycles. The zero-order valence-electron chi connectivity index (χ0n) is 14.9. The fraction of sp³-hybridized carbons (Fsp3) is 0.0909. The van der Waals surface area contributed by atoms with E-state index in [0.29, 0.717) is 11.4 Å². The summed E-state index contributed by atoms with van der Waals surface area (Å²) >= 11 is 1.42. The minimum absolute atomic E-state index is 0.00430. The van der Waals surface area contributed by atoms with Crippen molar-refractivity contribution in [1.82, 2.24) is 9.47 Å². The van der Waals surface area contributed by atoms with E-state index in [1.165, 1.54) is 11.8 Å². The van der Waals surface area contributed by atoms with Gasteiger partial charge in [0.05, 0.1) is 10.6 Å². The molecular weight excluding hydrogens is 354 g/mol. The highest BCUT2D eigenvalue weighted by atomic mass is 32.2. The van der Waals surface area contributed by atoms with Gasteiger partial charge in [-0.15, -0.1) is 0 Å². The summed E-state index contributed by atoms with van der Waals surface area (Å²) < 4.78 is 2.05. The van der Waals surface area contributed by atoms with Gasteiger partial charge in [-0.05, 0) is 60.7 Å². The van der Waals surface area contributed by atoms with Crippen molar-refractivity contribution >= 4 is 34.6 Å². The molecule has 1 saturated heterocycles. The Morgan fingerprint density at radius 3 is 2.41 bits per heavy atom. The van der Waals surface area contributed by atoms with Crippen LogP contribution in [0.2, 0.25) is 0 Å². The van der Waals surface area contributed by atoms with Crippen LogP contribution in [0.5, 0.6) is 0 Å². The van der Waals surface area contributed by atoms with Crippen molar-refractivity contribution in [2.75, 3.05) is 6.54 Å². The molecule has 0 spiro atoms. The average Bonchev–Trinajstić information content (AvgIpc) is 3.28. The van der Waals surface area contributed by atoms with Crippen molar-refractivity contribution in [1.29, 1.82) is 0 Å². The van der Waals surface area contributed by atoms with Crippen LogP contribution >= 0.6 is 11.8 Å². The van der Waals surface area contributed by atoms with Crippen molar-refractivity contribution < 1.29 is 4.79 Å². The molecule has 1 fully saturated rings. The number of carbonyl (C=O) groups excluding carboxylic acids is 1. The highest BCUT2D eigenvalue weighted by Gasteiger charge is 2.32. The van der Waals surface area contributed by atoms with E-state index in [1.54, 1.807) is 4.90 Å². The van der Waals surface area contributed by atoms with E-state index in [9.17, 15) is 4.79 Å². The van der Waals surface area contributed by atoms with Crippen LogP contribution in [0.1, 0.15) is 12.5 Å². The van der Waals surface area contributed by atoms with Crippen LogP contribution in [0.3, 0.4) is 0 Å². The second-order valence-electron chi connectivity index (χ2n) is 6.08. The minimum atomic E-state index is 0.00430. The Bertz CT molecular complexity index is 1010. The van der Waals surface area contributed by atoms with Crippen LogP contribution in [-0.4, -0.2) is 27.1 Å². The quantitative estimate of drug-likeness (QED) is 0.597. The molecule has 27 heavy (non-hydrogen) atoms. The Balaban J connectivity index is 1.62. The van der Waals surface area contributed by atoms with E-state index in [4.69, 9.17) is 0 Å². The number of benzene rings is 2. The summed E-state index contributed by atoms with van der Waals surface area (Å²) in [5.74, 6) is 0.00430. The third kappa shape index (κ3) is 3.73. The number of nitrogens with zero attached hydrogens (tertiary/aromatic N) is 3. The van der Waals surface area contributed by atoms with Gasteiger partial charge in [0.1, 0.15) is 0 Å². The first-order valence-corrected chi connectivity index (χ1v) is 9.65. The molecule has 2 aromatic carbocycles. The lowest BCUT2D eigenvalue weighted by Crippen LogP contribution is -2.28. The van der Waals surface area contributed by atoms with Crippen LogP contribution in [0.25, 0.3) is 11.8 Å². The van der Waals surface area contributed by atoms with Gasteiger partial charge < -0.3 is 4.57 Å². The standard InChI is InChI=1S/C22H19N3OS/c1-2-25-21(26)20(27-22(25)23-18-9-5-3-6-10-18)15-17-13-14-24(16-17)19-11-7-4-8-12-19/h3-16H,2H2,1H3/b20-15+,23-22?. The fourth-order valence-corrected chi connectivity index (χ4v) is 3.96. The monoisotopic (exact) mass is 373 g/mol. The molecule has 3 aromatic rings. The Labute approximate surface area is 162 Å². The molecule has 4 nitrogen and oxygen atoms in total. The molecule has 1 aromatic heterocycles. The highest BCUT2D eigenvalue weighted by Crippen LogP contribution is 2.34. The van der Waals surface area contributed by atoms with E-state index in [0.717, 1.165) is 22.1 Å². The molecule has 5 heteroatoms. The van der Waals surface area contributed by atoms with Crippen molar-refractivity contribution in [2.24, 2.45) is 4.99 Å². The molecule has 134 valence electrons. The van der Waals surface area contributed by atoms with Crippen molar-refractivity contribution in [3.05, 3.63) is 89.6 Å². The van der Waals surface area contributed by atoms with Crippen molar-refractivity contribution in [2.45, 2.75) is 6.92 Å². The molecule has 0 N–H and O–H groups in total. The number of aliphatic imine (C=N–C) groups is 1. The highest BCUT2D eigenvalue weighted by molar-refractivity contribution is 8.18. The fourth-order valence-electron chi connectivity index (χ4n) is 2.89. The first-order valence-electron chi connectivity index (χ1n) is 8.83. The van der Waals surface area contributed by atoms with E-state index in [2.05, 4.69) is 17.1 Å². The maximum absolute atomic E-state index is 12.8. The Morgan fingerprint density at radius 2 is 1.70 bits per heavy atom. The van der Waals surface area contributed by atoms with Gasteiger partial charge in [-0.1, -0.05) is 36.4 Å². The van der Waals surface area contributed by atoms with Gasteiger partial charge >= 0.3 is 0 Å². The predicted molar refractivity (Wildman–Crippen MR) is 112 cm³/mol. The van der Waals surface area contributed by atoms with Gasteiger partial charge in [0.25, 0.3) is 5.91 Å². The Kier molecular flexibility index (Phi) is 4.94. The second kappa shape index (κ2) is 7.68. The van der Waals surface area contributed by atoms with E-state index in [1.807, 2.05) is 84.6 Å².